The van der Waals surface area contributed by atoms with Gasteiger partial charge in [-0.25, -0.2) is 4.98 Å². The summed E-state index contributed by atoms with van der Waals surface area (Å²) in [5, 5.41) is 5.86. The van der Waals surface area contributed by atoms with Crippen molar-refractivity contribution in [1.29, 1.82) is 0 Å². The standard InChI is InChI=1S/C25H23F3N6O2/c1-3-10-34-14-19(23(36)30-12-16-6-9-20(29-11-16)25(26,27)28)18-13-31-24(32-21(18)34)33-22(35)17-7-4-15(2)5-8-17/h4-9,11,13-14H,3,10,12H2,1-2H3,(H,30,36)(H,31,32,33,35). The number of nitrogens with one attached hydrogen (secondary N) is 2. The summed E-state index contributed by atoms with van der Waals surface area (Å²) in [6, 6.07) is 9.21. The summed E-state index contributed by atoms with van der Waals surface area (Å²) in [6.45, 7) is 4.48. The predicted molar refractivity (Wildman–Crippen MR) is 127 cm³/mol. The Morgan fingerprint density at radius 3 is 2.39 bits per heavy atom. The largest absolute Gasteiger partial charge is 0.433 e. The van der Waals surface area contributed by atoms with E-state index in [1.165, 1.54) is 12.3 Å². The molecule has 0 aliphatic heterocycles. The first kappa shape index (κ1) is 24.8. The van der Waals surface area contributed by atoms with Crippen molar-refractivity contribution < 1.29 is 22.8 Å². The highest BCUT2D eigenvalue weighted by molar-refractivity contribution is 6.07. The van der Waals surface area contributed by atoms with E-state index in [4.69, 9.17) is 0 Å². The molecule has 8 nitrogen and oxygen atoms in total. The lowest BCUT2D eigenvalue weighted by molar-refractivity contribution is -0.141. The zero-order valence-corrected chi connectivity index (χ0v) is 19.6. The van der Waals surface area contributed by atoms with Gasteiger partial charge in [0.05, 0.1) is 10.9 Å². The van der Waals surface area contributed by atoms with Crippen LogP contribution in [0.25, 0.3) is 11.0 Å². The molecule has 4 rings (SSSR count). The third kappa shape index (κ3) is 5.51. The Morgan fingerprint density at radius 1 is 1.00 bits per heavy atom. The van der Waals surface area contributed by atoms with Crippen molar-refractivity contribution in [3.8, 4) is 0 Å². The van der Waals surface area contributed by atoms with Gasteiger partial charge in [-0.1, -0.05) is 30.7 Å². The average Bonchev–Trinajstić information content (AvgIpc) is 3.20. The third-order valence-electron chi connectivity index (χ3n) is 5.43. The smallest absolute Gasteiger partial charge is 0.348 e. The Bertz CT molecular complexity index is 1400. The maximum absolute atomic E-state index is 12.9. The molecule has 0 atom stereocenters. The van der Waals surface area contributed by atoms with Gasteiger partial charge in [-0.15, -0.1) is 0 Å². The molecule has 0 saturated carbocycles. The Balaban J connectivity index is 1.53. The number of anilines is 1. The number of fused-ring (bicyclic) bond motifs is 1. The molecule has 0 radical (unpaired) electrons. The monoisotopic (exact) mass is 496 g/mol. The summed E-state index contributed by atoms with van der Waals surface area (Å²) in [4.78, 5) is 37.5. The number of amides is 2. The maximum Gasteiger partial charge on any atom is 0.433 e. The normalized spacial score (nSPS) is 11.5. The maximum atomic E-state index is 12.9. The molecular weight excluding hydrogens is 473 g/mol. The molecule has 4 aromatic rings. The lowest BCUT2D eigenvalue weighted by Gasteiger charge is -2.07. The molecule has 0 saturated heterocycles. The van der Waals surface area contributed by atoms with Gasteiger partial charge >= 0.3 is 6.18 Å². The highest BCUT2D eigenvalue weighted by atomic mass is 19.4. The van der Waals surface area contributed by atoms with Crippen LogP contribution in [0.5, 0.6) is 0 Å². The lowest BCUT2D eigenvalue weighted by atomic mass is 10.1. The second-order valence-corrected chi connectivity index (χ2v) is 8.22. The van der Waals surface area contributed by atoms with Gasteiger partial charge in [-0.2, -0.15) is 18.2 Å². The zero-order valence-electron chi connectivity index (χ0n) is 19.6. The number of hydrogen-bond donors (Lipinski definition) is 2. The molecule has 11 heteroatoms. The molecule has 0 fully saturated rings. The van der Waals surface area contributed by atoms with Gasteiger partial charge in [-0.05, 0) is 37.1 Å². The van der Waals surface area contributed by atoms with Crippen molar-refractivity contribution >= 4 is 28.8 Å². The summed E-state index contributed by atoms with van der Waals surface area (Å²) in [6.07, 6.45) is 0.441. The van der Waals surface area contributed by atoms with Crippen LogP contribution >= 0.6 is 0 Å². The van der Waals surface area contributed by atoms with Gasteiger partial charge in [0.2, 0.25) is 5.95 Å². The quantitative estimate of drug-likeness (QED) is 0.385. The fourth-order valence-electron chi connectivity index (χ4n) is 3.57. The average molecular weight is 496 g/mol. The number of halogens is 3. The summed E-state index contributed by atoms with van der Waals surface area (Å²) < 4.78 is 39.9. The summed E-state index contributed by atoms with van der Waals surface area (Å²) >= 11 is 0. The fraction of sp³-hybridized carbons (Fsp3) is 0.240. The van der Waals surface area contributed by atoms with Crippen LogP contribution in [0.2, 0.25) is 0 Å². The molecule has 3 heterocycles. The van der Waals surface area contributed by atoms with Crippen LogP contribution in [0.15, 0.2) is 55.0 Å². The van der Waals surface area contributed by atoms with Crippen LogP contribution in [0.1, 0.15) is 50.9 Å². The van der Waals surface area contributed by atoms with Crippen molar-refractivity contribution in [2.24, 2.45) is 0 Å². The van der Waals surface area contributed by atoms with E-state index in [0.29, 0.717) is 34.3 Å². The number of carbonyl (C=O) groups is 2. The molecule has 0 aliphatic carbocycles. The first-order chi connectivity index (χ1) is 17.2. The van der Waals surface area contributed by atoms with Gasteiger partial charge in [-0.3, -0.25) is 19.9 Å². The number of hydrogen-bond acceptors (Lipinski definition) is 5. The second kappa shape index (κ2) is 10.1. The first-order valence-electron chi connectivity index (χ1n) is 11.2. The Kier molecular flexibility index (Phi) is 7.00. The Labute approximate surface area is 204 Å². The fourth-order valence-corrected chi connectivity index (χ4v) is 3.57. The molecule has 0 bridgehead atoms. The van der Waals surface area contributed by atoms with Crippen molar-refractivity contribution in [1.82, 2.24) is 24.8 Å². The molecule has 2 N–H and O–H groups in total. The molecule has 36 heavy (non-hydrogen) atoms. The van der Waals surface area contributed by atoms with E-state index in [1.54, 1.807) is 22.9 Å². The highest BCUT2D eigenvalue weighted by Gasteiger charge is 2.32. The summed E-state index contributed by atoms with van der Waals surface area (Å²) in [5.41, 5.74) is 1.71. The van der Waals surface area contributed by atoms with E-state index < -0.39 is 17.8 Å². The van der Waals surface area contributed by atoms with E-state index >= 15 is 0 Å². The van der Waals surface area contributed by atoms with E-state index in [0.717, 1.165) is 24.2 Å². The van der Waals surface area contributed by atoms with Crippen LogP contribution in [-0.4, -0.2) is 31.3 Å². The highest BCUT2D eigenvalue weighted by Crippen LogP contribution is 2.27. The molecular formula is C25H23F3N6O2. The lowest BCUT2D eigenvalue weighted by Crippen LogP contribution is -2.23. The van der Waals surface area contributed by atoms with Crippen molar-refractivity contribution in [2.75, 3.05) is 5.32 Å². The Morgan fingerprint density at radius 2 is 1.75 bits per heavy atom. The minimum Gasteiger partial charge on any atom is -0.348 e. The van der Waals surface area contributed by atoms with E-state index in [1.807, 2.05) is 26.0 Å². The number of carbonyl (C=O) groups excluding carboxylic acids is 2. The molecule has 3 aromatic heterocycles. The van der Waals surface area contributed by atoms with Crippen LogP contribution in [-0.2, 0) is 19.3 Å². The van der Waals surface area contributed by atoms with Crippen LogP contribution < -0.4 is 10.6 Å². The van der Waals surface area contributed by atoms with Crippen LogP contribution in [0, 0.1) is 6.92 Å². The molecule has 0 unspecified atom stereocenters. The van der Waals surface area contributed by atoms with Gasteiger partial charge in [0, 0.05) is 37.2 Å². The van der Waals surface area contributed by atoms with Gasteiger partial charge in [0.25, 0.3) is 11.8 Å². The van der Waals surface area contributed by atoms with E-state index in [2.05, 4.69) is 25.6 Å². The summed E-state index contributed by atoms with van der Waals surface area (Å²) in [7, 11) is 0. The third-order valence-corrected chi connectivity index (χ3v) is 5.43. The minimum atomic E-state index is -4.53. The van der Waals surface area contributed by atoms with Crippen molar-refractivity contribution in [3.63, 3.8) is 0 Å². The molecule has 0 aliphatic rings. The molecule has 1 aromatic carbocycles. The summed E-state index contributed by atoms with van der Waals surface area (Å²) in [5.74, 6) is -0.688. The minimum absolute atomic E-state index is 0.00400. The predicted octanol–water partition coefficient (Wildman–Crippen LogP) is 4.75. The first-order valence-corrected chi connectivity index (χ1v) is 11.2. The topological polar surface area (TPSA) is 102 Å². The number of aryl methyl sites for hydroxylation is 2. The second-order valence-electron chi connectivity index (χ2n) is 8.22. The number of rotatable bonds is 7. The van der Waals surface area contributed by atoms with Gasteiger partial charge in [0.1, 0.15) is 11.3 Å². The zero-order chi connectivity index (χ0) is 25.9. The number of alkyl halides is 3. The van der Waals surface area contributed by atoms with Gasteiger partial charge < -0.3 is 9.88 Å². The van der Waals surface area contributed by atoms with E-state index in [-0.39, 0.29) is 18.4 Å². The van der Waals surface area contributed by atoms with Crippen LogP contribution in [0.3, 0.4) is 0 Å². The SMILES string of the molecule is CCCn1cc(C(=O)NCc2ccc(C(F)(F)F)nc2)c2cnc(NC(=O)c3ccc(C)cc3)nc21. The number of nitrogens with zero attached hydrogens (tertiary/aromatic N) is 4. The van der Waals surface area contributed by atoms with Crippen molar-refractivity contribution in [2.45, 2.75) is 39.5 Å². The van der Waals surface area contributed by atoms with Crippen molar-refractivity contribution in [3.05, 3.63) is 82.9 Å². The van der Waals surface area contributed by atoms with E-state index in [9.17, 15) is 22.8 Å². The number of benzene rings is 1. The molecule has 186 valence electrons. The van der Waals surface area contributed by atoms with Crippen LogP contribution in [0.4, 0.5) is 19.1 Å². The molecule has 0 spiro atoms. The number of aromatic nitrogens is 4. The number of pyridine rings is 1. The Hall–Kier alpha value is -4.28. The molecule has 2 amide bonds. The van der Waals surface area contributed by atoms with Gasteiger partial charge in [0.15, 0.2) is 0 Å².